The molecule has 4 rings (SSSR count). The van der Waals surface area contributed by atoms with Crippen molar-refractivity contribution in [2.75, 3.05) is 11.9 Å². The van der Waals surface area contributed by atoms with E-state index >= 15 is 0 Å². The van der Waals surface area contributed by atoms with Crippen LogP contribution in [0.5, 0.6) is 0 Å². The number of aryl methyl sites for hydroxylation is 1. The van der Waals surface area contributed by atoms with Crippen LogP contribution in [0.2, 0.25) is 0 Å². The smallest absolute Gasteiger partial charge is 0.251 e. The SMILES string of the molecule is O=C(NCCCc1ccccc1)c1ccc(-c2cnc(NCc3ccccc3)nc2)cc1. The van der Waals surface area contributed by atoms with Gasteiger partial charge in [0.1, 0.15) is 0 Å². The Kier molecular flexibility index (Phi) is 7.21. The van der Waals surface area contributed by atoms with E-state index in [1.54, 1.807) is 12.4 Å². The van der Waals surface area contributed by atoms with E-state index in [0.717, 1.165) is 24.0 Å². The predicted molar refractivity (Wildman–Crippen MR) is 128 cm³/mol. The van der Waals surface area contributed by atoms with Crippen molar-refractivity contribution >= 4 is 11.9 Å². The summed E-state index contributed by atoms with van der Waals surface area (Å²) in [4.78, 5) is 21.2. The molecule has 1 heterocycles. The Morgan fingerprint density at radius 3 is 2.00 bits per heavy atom. The summed E-state index contributed by atoms with van der Waals surface area (Å²) in [7, 11) is 0. The second-order valence-corrected chi connectivity index (χ2v) is 7.56. The average Bonchev–Trinajstić information content (AvgIpc) is 2.87. The highest BCUT2D eigenvalue weighted by Gasteiger charge is 2.06. The fourth-order valence-corrected chi connectivity index (χ4v) is 3.40. The number of nitrogens with zero attached hydrogens (tertiary/aromatic N) is 2. The van der Waals surface area contributed by atoms with Crippen molar-refractivity contribution in [3.63, 3.8) is 0 Å². The minimum Gasteiger partial charge on any atom is -0.352 e. The van der Waals surface area contributed by atoms with Gasteiger partial charge in [-0.2, -0.15) is 0 Å². The first-order valence-corrected chi connectivity index (χ1v) is 10.8. The third kappa shape index (κ3) is 6.01. The Balaban J connectivity index is 1.26. The lowest BCUT2D eigenvalue weighted by Crippen LogP contribution is -2.24. The summed E-state index contributed by atoms with van der Waals surface area (Å²) in [6.07, 6.45) is 5.45. The quantitative estimate of drug-likeness (QED) is 0.368. The molecule has 5 heteroatoms. The summed E-state index contributed by atoms with van der Waals surface area (Å²) < 4.78 is 0. The third-order valence-corrected chi connectivity index (χ3v) is 5.20. The van der Waals surface area contributed by atoms with Gasteiger partial charge in [0, 0.05) is 36.6 Å². The summed E-state index contributed by atoms with van der Waals surface area (Å²) >= 11 is 0. The Morgan fingerprint density at radius 2 is 1.34 bits per heavy atom. The van der Waals surface area contributed by atoms with Crippen LogP contribution in [0.25, 0.3) is 11.1 Å². The number of rotatable bonds is 9. The molecule has 0 aliphatic heterocycles. The van der Waals surface area contributed by atoms with Crippen LogP contribution in [-0.4, -0.2) is 22.4 Å². The number of hydrogen-bond donors (Lipinski definition) is 2. The van der Waals surface area contributed by atoms with Gasteiger partial charge in [0.25, 0.3) is 5.91 Å². The standard InChI is InChI=1S/C27H26N4O/c32-26(28-17-7-12-21-8-3-1-4-9-21)24-15-13-23(14-16-24)25-19-30-27(31-20-25)29-18-22-10-5-2-6-11-22/h1-6,8-11,13-16,19-20H,7,12,17-18H2,(H,28,32)(H,29,30,31). The fourth-order valence-electron chi connectivity index (χ4n) is 3.40. The van der Waals surface area contributed by atoms with Crippen LogP contribution in [-0.2, 0) is 13.0 Å². The number of amides is 1. The molecule has 3 aromatic carbocycles. The molecule has 160 valence electrons. The minimum absolute atomic E-state index is 0.0543. The van der Waals surface area contributed by atoms with Crippen molar-refractivity contribution in [2.24, 2.45) is 0 Å². The molecule has 1 amide bonds. The highest BCUT2D eigenvalue weighted by Crippen LogP contribution is 2.19. The van der Waals surface area contributed by atoms with Gasteiger partial charge in [-0.1, -0.05) is 72.8 Å². The second-order valence-electron chi connectivity index (χ2n) is 7.56. The Labute approximate surface area is 188 Å². The molecule has 1 aromatic heterocycles. The molecule has 0 bridgehead atoms. The molecule has 2 N–H and O–H groups in total. The lowest BCUT2D eigenvalue weighted by molar-refractivity contribution is 0.0953. The maximum absolute atomic E-state index is 12.4. The lowest BCUT2D eigenvalue weighted by atomic mass is 10.1. The molecular weight excluding hydrogens is 396 g/mol. The normalized spacial score (nSPS) is 10.5. The molecule has 0 radical (unpaired) electrons. The highest BCUT2D eigenvalue weighted by molar-refractivity contribution is 5.94. The van der Waals surface area contributed by atoms with Gasteiger partial charge in [-0.05, 0) is 41.7 Å². The van der Waals surface area contributed by atoms with E-state index in [9.17, 15) is 4.79 Å². The summed E-state index contributed by atoms with van der Waals surface area (Å²) in [5.74, 6) is 0.533. The Hall–Kier alpha value is -3.99. The summed E-state index contributed by atoms with van der Waals surface area (Å²) in [5.41, 5.74) is 4.99. The molecular formula is C27H26N4O. The summed E-state index contributed by atoms with van der Waals surface area (Å²) in [6.45, 7) is 1.33. The molecule has 0 atom stereocenters. The molecule has 0 unspecified atom stereocenters. The zero-order valence-electron chi connectivity index (χ0n) is 17.9. The van der Waals surface area contributed by atoms with Crippen molar-refractivity contribution in [1.82, 2.24) is 15.3 Å². The van der Waals surface area contributed by atoms with Crippen molar-refractivity contribution in [2.45, 2.75) is 19.4 Å². The van der Waals surface area contributed by atoms with E-state index < -0.39 is 0 Å². The molecule has 5 nitrogen and oxygen atoms in total. The van der Waals surface area contributed by atoms with Gasteiger partial charge >= 0.3 is 0 Å². The highest BCUT2D eigenvalue weighted by atomic mass is 16.1. The predicted octanol–water partition coefficient (Wildman–Crippen LogP) is 5.12. The van der Waals surface area contributed by atoms with Crippen molar-refractivity contribution in [3.8, 4) is 11.1 Å². The topological polar surface area (TPSA) is 66.9 Å². The average molecular weight is 423 g/mol. The van der Waals surface area contributed by atoms with Gasteiger partial charge in [-0.15, -0.1) is 0 Å². The first-order chi connectivity index (χ1) is 15.8. The van der Waals surface area contributed by atoms with Gasteiger partial charge in [-0.25, -0.2) is 9.97 Å². The number of anilines is 1. The van der Waals surface area contributed by atoms with E-state index in [1.807, 2.05) is 60.7 Å². The Morgan fingerprint density at radius 1 is 0.719 bits per heavy atom. The van der Waals surface area contributed by atoms with E-state index in [2.05, 4.69) is 44.9 Å². The van der Waals surface area contributed by atoms with Crippen molar-refractivity contribution in [3.05, 3.63) is 114 Å². The zero-order valence-corrected chi connectivity index (χ0v) is 17.9. The molecule has 0 aliphatic carbocycles. The largest absolute Gasteiger partial charge is 0.352 e. The number of nitrogens with one attached hydrogen (secondary N) is 2. The number of aromatic nitrogens is 2. The lowest BCUT2D eigenvalue weighted by Gasteiger charge is -2.08. The second kappa shape index (κ2) is 10.9. The molecule has 0 spiro atoms. The fraction of sp³-hybridized carbons (Fsp3) is 0.148. The molecule has 32 heavy (non-hydrogen) atoms. The van der Waals surface area contributed by atoms with Crippen LogP contribution in [0.1, 0.15) is 27.9 Å². The Bertz CT molecular complexity index is 1110. The van der Waals surface area contributed by atoms with E-state index in [4.69, 9.17) is 0 Å². The summed E-state index contributed by atoms with van der Waals surface area (Å²) in [6, 6.07) is 28.0. The van der Waals surface area contributed by atoms with Gasteiger partial charge in [0.15, 0.2) is 0 Å². The number of carbonyl (C=O) groups excluding carboxylic acids is 1. The number of benzene rings is 3. The summed E-state index contributed by atoms with van der Waals surface area (Å²) in [5, 5.41) is 6.21. The molecule has 0 saturated heterocycles. The maximum atomic E-state index is 12.4. The van der Waals surface area contributed by atoms with Crippen LogP contribution >= 0.6 is 0 Å². The van der Waals surface area contributed by atoms with Gasteiger partial charge in [0.2, 0.25) is 5.95 Å². The van der Waals surface area contributed by atoms with Crippen LogP contribution in [0.3, 0.4) is 0 Å². The molecule has 4 aromatic rings. The molecule has 0 aliphatic rings. The van der Waals surface area contributed by atoms with Gasteiger partial charge in [-0.3, -0.25) is 4.79 Å². The van der Waals surface area contributed by atoms with Crippen molar-refractivity contribution in [1.29, 1.82) is 0 Å². The number of carbonyl (C=O) groups is 1. The zero-order chi connectivity index (χ0) is 22.0. The van der Waals surface area contributed by atoms with Gasteiger partial charge in [0.05, 0.1) is 0 Å². The first-order valence-electron chi connectivity index (χ1n) is 10.8. The molecule has 0 saturated carbocycles. The van der Waals surface area contributed by atoms with Crippen LogP contribution in [0.15, 0.2) is 97.3 Å². The van der Waals surface area contributed by atoms with Gasteiger partial charge < -0.3 is 10.6 Å². The van der Waals surface area contributed by atoms with Crippen LogP contribution in [0, 0.1) is 0 Å². The van der Waals surface area contributed by atoms with Crippen LogP contribution < -0.4 is 10.6 Å². The number of hydrogen-bond acceptors (Lipinski definition) is 4. The van der Waals surface area contributed by atoms with E-state index in [0.29, 0.717) is 24.6 Å². The third-order valence-electron chi connectivity index (χ3n) is 5.20. The minimum atomic E-state index is -0.0543. The molecule has 0 fully saturated rings. The first kappa shape index (κ1) is 21.2. The van der Waals surface area contributed by atoms with Crippen molar-refractivity contribution < 1.29 is 4.79 Å². The van der Waals surface area contributed by atoms with Crippen LogP contribution in [0.4, 0.5) is 5.95 Å². The monoisotopic (exact) mass is 422 g/mol. The maximum Gasteiger partial charge on any atom is 0.251 e. The van der Waals surface area contributed by atoms with E-state index in [1.165, 1.54) is 11.1 Å². The van der Waals surface area contributed by atoms with E-state index in [-0.39, 0.29) is 5.91 Å².